The van der Waals surface area contributed by atoms with Crippen LogP contribution in [0.15, 0.2) is 48.5 Å². The van der Waals surface area contributed by atoms with Crippen LogP contribution >= 0.6 is 0 Å². The monoisotopic (exact) mass is 282 g/mol. The van der Waals surface area contributed by atoms with Crippen LogP contribution in [0.1, 0.15) is 19.4 Å². The molecule has 21 heavy (non-hydrogen) atoms. The molecule has 0 saturated carbocycles. The summed E-state index contributed by atoms with van der Waals surface area (Å²) < 4.78 is 0. The molecule has 0 fully saturated rings. The third-order valence-corrected chi connectivity index (χ3v) is 3.77. The maximum Gasteiger partial charge on any atom is 0.0361 e. The van der Waals surface area contributed by atoms with Gasteiger partial charge in [-0.25, -0.2) is 0 Å². The average Bonchev–Trinajstić information content (AvgIpc) is 2.48. The van der Waals surface area contributed by atoms with E-state index in [9.17, 15) is 0 Å². The summed E-state index contributed by atoms with van der Waals surface area (Å²) in [5, 5.41) is 3.45. The molecule has 0 saturated heterocycles. The molecule has 112 valence electrons. The van der Waals surface area contributed by atoms with Gasteiger partial charge in [0.25, 0.3) is 0 Å². The molecule has 0 radical (unpaired) electrons. The number of rotatable bonds is 6. The highest BCUT2D eigenvalue weighted by Gasteiger charge is 2.03. The lowest BCUT2D eigenvalue weighted by Gasteiger charge is -2.14. The SMILES string of the molecule is CCNC(C)Cc1ccc(-c2ccc(N(C)C)cc2)cc1. The summed E-state index contributed by atoms with van der Waals surface area (Å²) >= 11 is 0. The summed E-state index contributed by atoms with van der Waals surface area (Å²) in [6.07, 6.45) is 1.08. The van der Waals surface area contributed by atoms with E-state index in [0.29, 0.717) is 6.04 Å². The zero-order valence-electron chi connectivity index (χ0n) is 13.6. The Morgan fingerprint density at radius 3 is 1.90 bits per heavy atom. The first-order valence-electron chi connectivity index (χ1n) is 7.70. The van der Waals surface area contributed by atoms with Crippen molar-refractivity contribution in [3.63, 3.8) is 0 Å². The first-order valence-corrected chi connectivity index (χ1v) is 7.70. The van der Waals surface area contributed by atoms with E-state index < -0.39 is 0 Å². The molecule has 2 aromatic carbocycles. The second kappa shape index (κ2) is 7.28. The zero-order chi connectivity index (χ0) is 15.2. The summed E-state index contributed by atoms with van der Waals surface area (Å²) in [6.45, 7) is 5.41. The number of benzene rings is 2. The lowest BCUT2D eigenvalue weighted by Crippen LogP contribution is -2.27. The Hall–Kier alpha value is -1.80. The van der Waals surface area contributed by atoms with Crippen molar-refractivity contribution in [1.29, 1.82) is 0 Å². The minimum Gasteiger partial charge on any atom is -0.378 e. The van der Waals surface area contributed by atoms with Crippen LogP contribution in [0.5, 0.6) is 0 Å². The number of anilines is 1. The van der Waals surface area contributed by atoms with Crippen LogP contribution in [0, 0.1) is 0 Å². The van der Waals surface area contributed by atoms with E-state index in [1.54, 1.807) is 0 Å². The fraction of sp³-hybridized carbons (Fsp3) is 0.368. The van der Waals surface area contributed by atoms with Crippen molar-refractivity contribution in [2.45, 2.75) is 26.3 Å². The van der Waals surface area contributed by atoms with E-state index in [-0.39, 0.29) is 0 Å². The summed E-state index contributed by atoms with van der Waals surface area (Å²) in [7, 11) is 4.13. The number of hydrogen-bond acceptors (Lipinski definition) is 2. The van der Waals surface area contributed by atoms with Crippen molar-refractivity contribution < 1.29 is 0 Å². The Labute approximate surface area is 128 Å². The quantitative estimate of drug-likeness (QED) is 0.862. The van der Waals surface area contributed by atoms with Gasteiger partial charge in [0, 0.05) is 25.8 Å². The predicted molar refractivity (Wildman–Crippen MR) is 93.0 cm³/mol. The van der Waals surface area contributed by atoms with Crippen molar-refractivity contribution in [3.8, 4) is 11.1 Å². The molecule has 0 aliphatic rings. The van der Waals surface area contributed by atoms with E-state index >= 15 is 0 Å². The van der Waals surface area contributed by atoms with Crippen molar-refractivity contribution in [1.82, 2.24) is 5.32 Å². The Bertz CT molecular complexity index is 541. The van der Waals surface area contributed by atoms with E-state index in [4.69, 9.17) is 0 Å². The first-order chi connectivity index (χ1) is 10.1. The predicted octanol–water partition coefficient (Wildman–Crippen LogP) is 3.96. The van der Waals surface area contributed by atoms with Gasteiger partial charge in [-0.05, 0) is 48.7 Å². The smallest absolute Gasteiger partial charge is 0.0361 e. The Morgan fingerprint density at radius 2 is 1.43 bits per heavy atom. The highest BCUT2D eigenvalue weighted by Crippen LogP contribution is 2.23. The molecule has 0 bridgehead atoms. The van der Waals surface area contributed by atoms with Crippen LogP contribution in [-0.4, -0.2) is 26.7 Å². The van der Waals surface area contributed by atoms with Gasteiger partial charge in [0.2, 0.25) is 0 Å². The number of nitrogens with zero attached hydrogens (tertiary/aromatic N) is 1. The topological polar surface area (TPSA) is 15.3 Å². The summed E-state index contributed by atoms with van der Waals surface area (Å²) in [5.74, 6) is 0. The van der Waals surface area contributed by atoms with Gasteiger partial charge in [-0.3, -0.25) is 0 Å². The molecule has 1 unspecified atom stereocenters. The minimum atomic E-state index is 0.528. The average molecular weight is 282 g/mol. The van der Waals surface area contributed by atoms with E-state index in [2.05, 4.69) is 86.7 Å². The lowest BCUT2D eigenvalue weighted by molar-refractivity contribution is 0.565. The Morgan fingerprint density at radius 1 is 0.905 bits per heavy atom. The lowest BCUT2D eigenvalue weighted by atomic mass is 10.0. The minimum absolute atomic E-state index is 0.528. The third kappa shape index (κ3) is 4.33. The molecule has 2 nitrogen and oxygen atoms in total. The van der Waals surface area contributed by atoms with Gasteiger partial charge in [0.1, 0.15) is 0 Å². The van der Waals surface area contributed by atoms with Gasteiger partial charge in [-0.15, -0.1) is 0 Å². The van der Waals surface area contributed by atoms with Gasteiger partial charge >= 0.3 is 0 Å². The zero-order valence-corrected chi connectivity index (χ0v) is 13.6. The highest BCUT2D eigenvalue weighted by molar-refractivity contribution is 5.66. The van der Waals surface area contributed by atoms with Crippen LogP contribution in [0.25, 0.3) is 11.1 Å². The van der Waals surface area contributed by atoms with Gasteiger partial charge in [0.05, 0.1) is 0 Å². The second-order valence-corrected chi connectivity index (χ2v) is 5.80. The van der Waals surface area contributed by atoms with E-state index in [0.717, 1.165) is 13.0 Å². The molecular formula is C19H26N2. The summed E-state index contributed by atoms with van der Waals surface area (Å²) in [6, 6.07) is 18.1. The molecule has 0 aliphatic heterocycles. The van der Waals surface area contributed by atoms with E-state index in [1.165, 1.54) is 22.4 Å². The third-order valence-electron chi connectivity index (χ3n) is 3.77. The molecule has 0 aromatic heterocycles. The second-order valence-electron chi connectivity index (χ2n) is 5.80. The van der Waals surface area contributed by atoms with Gasteiger partial charge in [-0.1, -0.05) is 43.3 Å². The van der Waals surface area contributed by atoms with Gasteiger partial charge < -0.3 is 10.2 Å². The highest BCUT2D eigenvalue weighted by atomic mass is 15.1. The molecule has 1 atom stereocenters. The van der Waals surface area contributed by atoms with Crippen molar-refractivity contribution >= 4 is 5.69 Å². The maximum atomic E-state index is 3.45. The number of hydrogen-bond donors (Lipinski definition) is 1. The number of nitrogens with one attached hydrogen (secondary N) is 1. The molecule has 2 heteroatoms. The fourth-order valence-corrected chi connectivity index (χ4v) is 2.56. The van der Waals surface area contributed by atoms with Crippen LogP contribution in [-0.2, 0) is 6.42 Å². The normalized spacial score (nSPS) is 12.2. The molecule has 2 aromatic rings. The largest absolute Gasteiger partial charge is 0.378 e. The molecule has 0 heterocycles. The molecule has 0 spiro atoms. The van der Waals surface area contributed by atoms with E-state index in [1.807, 2.05) is 0 Å². The molecule has 0 amide bonds. The Balaban J connectivity index is 2.07. The molecule has 0 aliphatic carbocycles. The first kappa shape index (κ1) is 15.6. The Kier molecular flexibility index (Phi) is 5.40. The number of likely N-dealkylation sites (N-methyl/N-ethyl adjacent to an activating group) is 1. The van der Waals surface area contributed by atoms with Crippen LogP contribution in [0.4, 0.5) is 5.69 Å². The van der Waals surface area contributed by atoms with Crippen molar-refractivity contribution in [2.24, 2.45) is 0 Å². The van der Waals surface area contributed by atoms with Crippen LogP contribution in [0.3, 0.4) is 0 Å². The van der Waals surface area contributed by atoms with Crippen molar-refractivity contribution in [2.75, 3.05) is 25.5 Å². The standard InChI is InChI=1S/C19H26N2/c1-5-20-15(2)14-16-6-8-17(9-7-16)18-10-12-19(13-11-18)21(3)4/h6-13,15,20H,5,14H2,1-4H3. The molecular weight excluding hydrogens is 256 g/mol. The molecule has 1 N–H and O–H groups in total. The van der Waals surface area contributed by atoms with Gasteiger partial charge in [0.15, 0.2) is 0 Å². The van der Waals surface area contributed by atoms with Crippen LogP contribution < -0.4 is 10.2 Å². The summed E-state index contributed by atoms with van der Waals surface area (Å²) in [4.78, 5) is 2.12. The van der Waals surface area contributed by atoms with Crippen molar-refractivity contribution in [3.05, 3.63) is 54.1 Å². The fourth-order valence-electron chi connectivity index (χ4n) is 2.56. The van der Waals surface area contributed by atoms with Crippen LogP contribution in [0.2, 0.25) is 0 Å². The van der Waals surface area contributed by atoms with Gasteiger partial charge in [-0.2, -0.15) is 0 Å². The maximum absolute atomic E-state index is 3.45. The molecule has 2 rings (SSSR count). The summed E-state index contributed by atoms with van der Waals surface area (Å²) in [5.41, 5.74) is 5.17.